The monoisotopic (exact) mass is 516 g/mol. The van der Waals surface area contributed by atoms with E-state index in [9.17, 15) is 14.5 Å². The third kappa shape index (κ3) is 6.92. The number of ketones is 1. The summed E-state index contributed by atoms with van der Waals surface area (Å²) < 4.78 is 18.2. The van der Waals surface area contributed by atoms with Gasteiger partial charge >= 0.3 is 5.97 Å². The lowest BCUT2D eigenvalue weighted by Crippen LogP contribution is -2.48. The molecule has 2 heterocycles. The van der Waals surface area contributed by atoms with Crippen molar-refractivity contribution in [1.29, 1.82) is 0 Å². The Morgan fingerprint density at radius 1 is 0.973 bits per heavy atom. The van der Waals surface area contributed by atoms with E-state index in [0.29, 0.717) is 17.6 Å². The molecule has 2 saturated heterocycles. The predicted octanol–water partition coefficient (Wildman–Crippen LogP) is 4.90. The Hall–Kier alpha value is -2.42. The van der Waals surface area contributed by atoms with Crippen LogP contribution in [0.15, 0.2) is 53.8 Å². The van der Waals surface area contributed by atoms with Crippen molar-refractivity contribution in [3.63, 3.8) is 0 Å². The van der Waals surface area contributed by atoms with Crippen LogP contribution in [0.1, 0.15) is 54.4 Å². The topological polar surface area (TPSA) is 103 Å². The van der Waals surface area contributed by atoms with Crippen LogP contribution in [0.5, 0.6) is 0 Å². The van der Waals surface area contributed by atoms with Crippen molar-refractivity contribution in [2.24, 2.45) is 28.8 Å². The third-order valence-electron chi connectivity index (χ3n) is 8.02. The van der Waals surface area contributed by atoms with Gasteiger partial charge in [-0.1, -0.05) is 59.2 Å². The van der Waals surface area contributed by atoms with Gasteiger partial charge in [-0.15, -0.1) is 0 Å². The number of esters is 1. The van der Waals surface area contributed by atoms with E-state index in [1.165, 1.54) is 0 Å². The third-order valence-corrected chi connectivity index (χ3v) is 8.02. The van der Waals surface area contributed by atoms with Crippen LogP contribution >= 0.6 is 0 Å². The molecule has 0 radical (unpaired) electrons. The largest absolute Gasteiger partial charge is 0.459 e. The van der Waals surface area contributed by atoms with Crippen molar-refractivity contribution < 1.29 is 23.8 Å². The minimum atomic E-state index is -1.09. The number of rotatable bonds is 4. The van der Waals surface area contributed by atoms with Gasteiger partial charge < -0.3 is 19.5 Å². The molecule has 2 rings (SSSR count). The Morgan fingerprint density at radius 2 is 1.59 bits per heavy atom. The number of likely N-dealkylation sites (N-methyl/N-ethyl adjacent to an activating group) is 1. The van der Waals surface area contributed by atoms with E-state index in [4.69, 9.17) is 14.2 Å². The Kier molecular flexibility index (Phi) is 10.7. The summed E-state index contributed by atoms with van der Waals surface area (Å²) in [4.78, 5) is 38.3. The standard InChI is InChI=1S/C29H44N2O6/c1-14-12-15(2)27(37-29-20(7)24(30-11)13-16(3)35-29)21(8)25(31-34)22(9)28(33)36-23(10)18(5)17(4)19(6)26(14)32/h14-16,18,21,23-25,27,29-30H,4,6-7,9,12-13H2,1-3,5,8,10-11H3/t14-,15+,16-,18-,21+,23-,24+,25+,27+,29+/m1/s1. The molecule has 8 nitrogen and oxygen atoms in total. The molecule has 2 fully saturated rings. The summed E-state index contributed by atoms with van der Waals surface area (Å²) in [5.74, 6) is -2.36. The SMILES string of the molecule is C=C1C(=C)[C@@H](C)[C@@H](C)OC(=O)C(=C)[C@@H](N=O)[C@H](C)[C@@H](O[C@@H]2O[C@H](C)C[C@H](NC)C2=C)[C@@H](C)C[C@@H](C)C1=O. The predicted molar refractivity (Wildman–Crippen MR) is 145 cm³/mol. The zero-order chi connectivity index (χ0) is 28.2. The smallest absolute Gasteiger partial charge is 0.336 e. The number of Topliss-reactive ketones (excluding diaryl/α,β-unsaturated/α-hetero) is 1. The molecule has 0 amide bonds. The summed E-state index contributed by atoms with van der Waals surface area (Å²) in [7, 11) is 1.86. The molecule has 0 unspecified atom stereocenters. The van der Waals surface area contributed by atoms with Crippen molar-refractivity contribution >= 4 is 11.8 Å². The number of nitrogens with one attached hydrogen (secondary N) is 1. The van der Waals surface area contributed by atoms with Crippen LogP contribution in [0.4, 0.5) is 0 Å². The zero-order valence-electron chi connectivity index (χ0n) is 23.4. The second-order valence-corrected chi connectivity index (χ2v) is 10.8. The lowest BCUT2D eigenvalue weighted by Gasteiger charge is -2.41. The van der Waals surface area contributed by atoms with E-state index in [2.05, 4.69) is 36.8 Å². The van der Waals surface area contributed by atoms with Crippen molar-refractivity contribution in [3.8, 4) is 0 Å². The normalized spacial score (nSPS) is 39.2. The van der Waals surface area contributed by atoms with Crippen molar-refractivity contribution in [1.82, 2.24) is 5.32 Å². The molecule has 2 aliphatic heterocycles. The summed E-state index contributed by atoms with van der Waals surface area (Å²) in [6.45, 7) is 27.2. The number of carbonyl (C=O) groups excluding carboxylic acids is 2. The van der Waals surface area contributed by atoms with Gasteiger partial charge in [-0.05, 0) is 50.8 Å². The quantitative estimate of drug-likeness (QED) is 0.245. The van der Waals surface area contributed by atoms with E-state index >= 15 is 0 Å². The molecular weight excluding hydrogens is 472 g/mol. The van der Waals surface area contributed by atoms with Gasteiger partial charge in [0.15, 0.2) is 12.1 Å². The number of nitroso groups, excluding NO2 is 1. The van der Waals surface area contributed by atoms with Gasteiger partial charge in [0, 0.05) is 29.4 Å². The van der Waals surface area contributed by atoms with Crippen molar-refractivity contribution in [2.45, 2.75) is 91.1 Å². The molecule has 0 aliphatic carbocycles. The second kappa shape index (κ2) is 12.9. The van der Waals surface area contributed by atoms with Crippen LogP contribution in [0.3, 0.4) is 0 Å². The average Bonchev–Trinajstić information content (AvgIpc) is 2.86. The zero-order valence-corrected chi connectivity index (χ0v) is 23.4. The van der Waals surface area contributed by atoms with Gasteiger partial charge in [-0.2, -0.15) is 4.91 Å². The van der Waals surface area contributed by atoms with Crippen molar-refractivity contribution in [2.75, 3.05) is 7.05 Å². The highest BCUT2D eigenvalue weighted by Crippen LogP contribution is 2.36. The van der Waals surface area contributed by atoms with E-state index in [1.54, 1.807) is 13.8 Å². The minimum Gasteiger partial charge on any atom is -0.459 e. The Labute approximate surface area is 221 Å². The first-order valence-corrected chi connectivity index (χ1v) is 13.1. The lowest BCUT2D eigenvalue weighted by atomic mass is 9.78. The molecular formula is C29H44N2O6. The van der Waals surface area contributed by atoms with Gasteiger partial charge in [0.25, 0.3) is 0 Å². The molecule has 0 spiro atoms. The Morgan fingerprint density at radius 3 is 2.16 bits per heavy atom. The second-order valence-electron chi connectivity index (χ2n) is 10.8. The van der Waals surface area contributed by atoms with Crippen LogP contribution in [0.2, 0.25) is 0 Å². The summed E-state index contributed by atoms with van der Waals surface area (Å²) >= 11 is 0. The molecule has 8 heteroatoms. The van der Waals surface area contributed by atoms with Crippen LogP contribution in [0, 0.1) is 28.6 Å². The van der Waals surface area contributed by atoms with Crippen LogP contribution in [-0.2, 0) is 23.8 Å². The van der Waals surface area contributed by atoms with E-state index in [-0.39, 0.29) is 41.3 Å². The summed E-state index contributed by atoms with van der Waals surface area (Å²) in [5, 5.41) is 6.51. The first-order chi connectivity index (χ1) is 17.2. The molecule has 10 atom stereocenters. The first kappa shape index (κ1) is 30.8. The number of hydrogen-bond donors (Lipinski definition) is 1. The fraction of sp³-hybridized carbons (Fsp3) is 0.655. The van der Waals surface area contributed by atoms with Gasteiger partial charge in [0.1, 0.15) is 12.1 Å². The van der Waals surface area contributed by atoms with Crippen LogP contribution in [0.25, 0.3) is 0 Å². The number of allylic oxidation sites excluding steroid dienone is 1. The Balaban J connectivity index is 2.49. The fourth-order valence-electron chi connectivity index (χ4n) is 5.28. The number of hydrogen-bond acceptors (Lipinski definition) is 8. The van der Waals surface area contributed by atoms with Gasteiger partial charge in [0.05, 0.1) is 17.8 Å². The number of carbonyl (C=O) groups is 2. The number of cyclic esters (lactones) is 1. The van der Waals surface area contributed by atoms with Gasteiger partial charge in [-0.25, -0.2) is 4.79 Å². The minimum absolute atomic E-state index is 0.00104. The first-order valence-electron chi connectivity index (χ1n) is 13.1. The molecule has 0 aromatic carbocycles. The highest BCUT2D eigenvalue weighted by Gasteiger charge is 2.41. The molecule has 206 valence electrons. The summed E-state index contributed by atoms with van der Waals surface area (Å²) in [6.07, 6.45) is -0.837. The van der Waals surface area contributed by atoms with Crippen LogP contribution < -0.4 is 5.32 Å². The van der Waals surface area contributed by atoms with Gasteiger partial charge in [0.2, 0.25) is 0 Å². The van der Waals surface area contributed by atoms with E-state index in [0.717, 1.165) is 12.0 Å². The molecule has 0 bridgehead atoms. The molecule has 0 aromatic heterocycles. The van der Waals surface area contributed by atoms with E-state index < -0.39 is 36.4 Å². The summed E-state index contributed by atoms with van der Waals surface area (Å²) in [6, 6.07) is -1.09. The fourth-order valence-corrected chi connectivity index (χ4v) is 5.28. The highest BCUT2D eigenvalue weighted by molar-refractivity contribution is 6.00. The molecule has 0 aromatic rings. The van der Waals surface area contributed by atoms with Crippen molar-refractivity contribution in [3.05, 3.63) is 53.5 Å². The van der Waals surface area contributed by atoms with Crippen LogP contribution in [-0.4, -0.2) is 55.5 Å². The maximum atomic E-state index is 13.3. The molecule has 37 heavy (non-hydrogen) atoms. The Bertz CT molecular complexity index is 943. The summed E-state index contributed by atoms with van der Waals surface area (Å²) in [5.41, 5.74) is 1.53. The number of ether oxygens (including phenoxy) is 3. The maximum Gasteiger partial charge on any atom is 0.336 e. The number of nitrogens with zero attached hydrogens (tertiary/aromatic N) is 1. The van der Waals surface area contributed by atoms with E-state index in [1.807, 2.05) is 34.7 Å². The molecule has 2 aliphatic rings. The average molecular weight is 517 g/mol. The maximum absolute atomic E-state index is 13.3. The molecule has 0 saturated carbocycles. The highest BCUT2D eigenvalue weighted by atomic mass is 16.7. The van der Waals surface area contributed by atoms with Gasteiger partial charge in [-0.3, -0.25) is 4.79 Å². The molecule has 1 N–H and O–H groups in total. The lowest BCUT2D eigenvalue weighted by molar-refractivity contribution is -0.207.